The number of benzene rings is 1. The lowest BCUT2D eigenvalue weighted by Crippen LogP contribution is -2.17. The average molecular weight is 486 g/mol. The normalized spacial score (nSPS) is 15.2. The fraction of sp³-hybridized carbons (Fsp3) is 0.571. The highest BCUT2D eigenvalue weighted by Gasteiger charge is 2.26. The molecule has 0 spiro atoms. The maximum Gasteiger partial charge on any atom is 0.341 e. The van der Waals surface area contributed by atoms with Gasteiger partial charge in [0.15, 0.2) is 0 Å². The van der Waals surface area contributed by atoms with Gasteiger partial charge in [-0.05, 0) is 77.1 Å². The lowest BCUT2D eigenvalue weighted by molar-refractivity contribution is 0.0378. The minimum absolute atomic E-state index is 0.0224. The number of fused-ring (bicyclic) bond motifs is 1. The average Bonchev–Trinajstić information content (AvgIpc) is 3.09. The quantitative estimate of drug-likeness (QED) is 0.429. The molecule has 1 amide bonds. The molecule has 0 fully saturated rings. The summed E-state index contributed by atoms with van der Waals surface area (Å²) in [7, 11) is 0. The van der Waals surface area contributed by atoms with E-state index < -0.39 is 0 Å². The highest BCUT2D eigenvalue weighted by Crippen LogP contribution is 2.37. The first-order valence-corrected chi connectivity index (χ1v) is 13.6. The van der Waals surface area contributed by atoms with Gasteiger partial charge in [0.1, 0.15) is 10.8 Å². The molecule has 1 heterocycles. The van der Waals surface area contributed by atoms with Crippen LogP contribution in [0.3, 0.4) is 0 Å². The van der Waals surface area contributed by atoms with Crippen molar-refractivity contribution in [3.05, 3.63) is 45.8 Å². The van der Waals surface area contributed by atoms with Crippen molar-refractivity contribution in [3.8, 4) is 5.75 Å². The van der Waals surface area contributed by atoms with E-state index in [1.165, 1.54) is 37.0 Å². The third-order valence-electron chi connectivity index (χ3n) is 5.91. The Morgan fingerprint density at radius 2 is 1.53 bits per heavy atom. The summed E-state index contributed by atoms with van der Waals surface area (Å²) in [5.41, 5.74) is 2.13. The van der Waals surface area contributed by atoms with Gasteiger partial charge in [-0.1, -0.05) is 44.6 Å². The summed E-state index contributed by atoms with van der Waals surface area (Å²) in [6.07, 6.45) is 11.2. The number of esters is 1. The molecule has 3 rings (SSSR count). The highest BCUT2D eigenvalue weighted by molar-refractivity contribution is 7.17. The summed E-state index contributed by atoms with van der Waals surface area (Å²) >= 11 is 1.54. The zero-order valence-electron chi connectivity index (χ0n) is 21.1. The largest absolute Gasteiger partial charge is 0.491 e. The van der Waals surface area contributed by atoms with Crippen molar-refractivity contribution in [2.75, 3.05) is 5.32 Å². The van der Waals surface area contributed by atoms with Crippen LogP contribution >= 0.6 is 11.3 Å². The summed E-state index contributed by atoms with van der Waals surface area (Å²) in [6, 6.07) is 7.16. The number of amides is 1. The minimum Gasteiger partial charge on any atom is -0.491 e. The maximum absolute atomic E-state index is 13.2. The topological polar surface area (TPSA) is 64.6 Å². The van der Waals surface area contributed by atoms with E-state index in [2.05, 4.69) is 5.32 Å². The first kappa shape index (κ1) is 26.3. The van der Waals surface area contributed by atoms with E-state index >= 15 is 0 Å². The molecule has 1 aromatic carbocycles. The number of hydrogen-bond donors (Lipinski definition) is 1. The Kier molecular flexibility index (Phi) is 10.00. The van der Waals surface area contributed by atoms with Crippen LogP contribution in [0.5, 0.6) is 5.75 Å². The molecule has 0 radical (unpaired) electrons. The molecule has 0 saturated carbocycles. The van der Waals surface area contributed by atoms with Crippen LogP contribution in [0, 0.1) is 0 Å². The number of aryl methyl sites for hydroxylation is 1. The molecule has 0 aliphatic heterocycles. The number of carbonyl (C=O) groups is 2. The van der Waals surface area contributed by atoms with Crippen molar-refractivity contribution >= 4 is 28.2 Å². The molecule has 186 valence electrons. The Bertz CT molecular complexity index is 963. The van der Waals surface area contributed by atoms with Crippen molar-refractivity contribution < 1.29 is 19.1 Å². The summed E-state index contributed by atoms with van der Waals surface area (Å²) in [5.74, 6) is 0.0667. The van der Waals surface area contributed by atoms with Crippen LogP contribution in [0.4, 0.5) is 5.00 Å². The van der Waals surface area contributed by atoms with Gasteiger partial charge >= 0.3 is 5.97 Å². The third-order valence-corrected chi connectivity index (χ3v) is 7.12. The molecule has 1 aliphatic carbocycles. The van der Waals surface area contributed by atoms with Crippen molar-refractivity contribution in [2.24, 2.45) is 0 Å². The standard InChI is InChI=1S/C28H39NO4S/c1-19(2)32-22-15-13-14-21(18-22)26(30)29-27-25(28(31)33-20(3)4)23-16-11-9-7-5-6-8-10-12-17-24(23)34-27/h13-15,18-20H,5-12,16-17H2,1-4H3,(H,29,30). The summed E-state index contributed by atoms with van der Waals surface area (Å²) < 4.78 is 11.4. The van der Waals surface area contributed by atoms with E-state index in [0.717, 1.165) is 37.7 Å². The SMILES string of the molecule is CC(C)OC(=O)c1c(NC(=O)c2cccc(OC(C)C)c2)sc2c1CCCCCCCCCC2. The van der Waals surface area contributed by atoms with Crippen LogP contribution in [0.2, 0.25) is 0 Å². The van der Waals surface area contributed by atoms with E-state index in [1.54, 1.807) is 23.5 Å². The van der Waals surface area contributed by atoms with Crippen molar-refractivity contribution in [3.63, 3.8) is 0 Å². The lowest BCUT2D eigenvalue weighted by Gasteiger charge is -2.13. The maximum atomic E-state index is 13.2. The molecule has 34 heavy (non-hydrogen) atoms. The van der Waals surface area contributed by atoms with Crippen molar-refractivity contribution in [1.29, 1.82) is 0 Å². The van der Waals surface area contributed by atoms with E-state index in [4.69, 9.17) is 9.47 Å². The molecule has 5 nitrogen and oxygen atoms in total. The van der Waals surface area contributed by atoms with Gasteiger partial charge in [-0.2, -0.15) is 0 Å². The van der Waals surface area contributed by atoms with Crippen LogP contribution in [-0.2, 0) is 17.6 Å². The monoisotopic (exact) mass is 485 g/mol. The zero-order chi connectivity index (χ0) is 24.5. The molecule has 1 N–H and O–H groups in total. The number of ether oxygens (including phenoxy) is 2. The number of rotatable bonds is 6. The van der Waals surface area contributed by atoms with E-state index in [0.29, 0.717) is 21.9 Å². The van der Waals surface area contributed by atoms with Crippen LogP contribution in [0.15, 0.2) is 24.3 Å². The van der Waals surface area contributed by atoms with Crippen LogP contribution < -0.4 is 10.1 Å². The van der Waals surface area contributed by atoms with E-state index in [9.17, 15) is 9.59 Å². The molecular formula is C28H39NO4S. The Labute approximate surface area is 208 Å². The predicted molar refractivity (Wildman–Crippen MR) is 139 cm³/mol. The third kappa shape index (κ3) is 7.59. The smallest absolute Gasteiger partial charge is 0.341 e. The fourth-order valence-electron chi connectivity index (χ4n) is 4.36. The molecule has 6 heteroatoms. The van der Waals surface area contributed by atoms with E-state index in [1.807, 2.05) is 39.8 Å². The summed E-state index contributed by atoms with van der Waals surface area (Å²) in [6.45, 7) is 7.62. The van der Waals surface area contributed by atoms with Gasteiger partial charge in [0, 0.05) is 10.4 Å². The first-order valence-electron chi connectivity index (χ1n) is 12.8. The highest BCUT2D eigenvalue weighted by atomic mass is 32.1. The number of carbonyl (C=O) groups excluding carboxylic acids is 2. The second-order valence-electron chi connectivity index (χ2n) is 9.64. The molecule has 1 aromatic heterocycles. The van der Waals surface area contributed by atoms with Crippen LogP contribution in [0.1, 0.15) is 110 Å². The Balaban J connectivity index is 1.92. The molecule has 1 aliphatic rings. The molecule has 0 unspecified atom stereocenters. The molecule has 0 atom stereocenters. The van der Waals surface area contributed by atoms with Gasteiger partial charge in [-0.25, -0.2) is 4.79 Å². The zero-order valence-corrected chi connectivity index (χ0v) is 21.9. The van der Waals surface area contributed by atoms with Gasteiger partial charge in [0.25, 0.3) is 5.91 Å². The fourth-order valence-corrected chi connectivity index (χ4v) is 5.63. The van der Waals surface area contributed by atoms with Gasteiger partial charge in [-0.3, -0.25) is 4.79 Å². The number of nitrogens with one attached hydrogen (secondary N) is 1. The van der Waals surface area contributed by atoms with E-state index in [-0.39, 0.29) is 24.1 Å². The number of thiophene rings is 1. The summed E-state index contributed by atoms with van der Waals surface area (Å²) in [4.78, 5) is 27.6. The Hall–Kier alpha value is -2.34. The van der Waals surface area contributed by atoms with Gasteiger partial charge in [0.05, 0.1) is 17.8 Å². The minimum atomic E-state index is -0.341. The first-order chi connectivity index (χ1) is 16.3. The second kappa shape index (κ2) is 12.9. The Morgan fingerprint density at radius 1 is 0.882 bits per heavy atom. The molecular weight excluding hydrogens is 446 g/mol. The summed E-state index contributed by atoms with van der Waals surface area (Å²) in [5, 5.41) is 3.64. The Morgan fingerprint density at radius 3 is 2.18 bits per heavy atom. The van der Waals surface area contributed by atoms with Gasteiger partial charge in [-0.15, -0.1) is 11.3 Å². The molecule has 0 bridgehead atoms. The second-order valence-corrected chi connectivity index (χ2v) is 10.7. The van der Waals surface area contributed by atoms with Crippen LogP contribution in [-0.4, -0.2) is 24.1 Å². The van der Waals surface area contributed by atoms with Crippen LogP contribution in [0.25, 0.3) is 0 Å². The lowest BCUT2D eigenvalue weighted by atomic mass is 9.97. The molecule has 0 saturated heterocycles. The molecule has 2 aromatic rings. The predicted octanol–water partition coefficient (Wildman–Crippen LogP) is 7.57. The number of anilines is 1. The number of hydrogen-bond acceptors (Lipinski definition) is 5. The van der Waals surface area contributed by atoms with Crippen molar-refractivity contribution in [2.45, 2.75) is 104 Å². The van der Waals surface area contributed by atoms with Gasteiger partial charge < -0.3 is 14.8 Å². The van der Waals surface area contributed by atoms with Crippen molar-refractivity contribution in [1.82, 2.24) is 0 Å². The van der Waals surface area contributed by atoms with Gasteiger partial charge in [0.2, 0.25) is 0 Å².